The van der Waals surface area contributed by atoms with Crippen molar-refractivity contribution in [3.05, 3.63) is 0 Å². The third-order valence-corrected chi connectivity index (χ3v) is 2.96. The number of hydrogen-bond donors (Lipinski definition) is 3. The van der Waals surface area contributed by atoms with Crippen molar-refractivity contribution < 1.29 is 29.7 Å². The van der Waals surface area contributed by atoms with Crippen LogP contribution >= 0.6 is 0 Å². The molecular weight excluding hydrogens is 216 g/mol. The molecule has 0 saturated carbocycles. The molecule has 3 N–H and O–H groups in total. The van der Waals surface area contributed by atoms with Gasteiger partial charge in [-0.15, -0.1) is 0 Å². The van der Waals surface area contributed by atoms with E-state index in [4.69, 9.17) is 15.3 Å². The van der Waals surface area contributed by atoms with Crippen molar-refractivity contribution in [1.29, 1.82) is 0 Å². The number of rotatable bonds is 4. The molecule has 0 aliphatic rings. The Bertz CT molecular complexity index is 289. The molecule has 1 atom stereocenters. The van der Waals surface area contributed by atoms with Gasteiger partial charge in [-0.2, -0.15) is 0 Å². The van der Waals surface area contributed by atoms with Crippen LogP contribution in [0.15, 0.2) is 0 Å². The zero-order valence-corrected chi connectivity index (χ0v) is 9.64. The lowest BCUT2D eigenvalue weighted by atomic mass is 9.64. The maximum absolute atomic E-state index is 11.0. The van der Waals surface area contributed by atoms with Gasteiger partial charge in [0.15, 0.2) is 0 Å². The normalized spacial score (nSPS) is 14.2. The summed E-state index contributed by atoms with van der Waals surface area (Å²) in [5.41, 5.74) is -3.56. The number of carboxylic acid groups (broad SMARTS) is 3. The molecule has 0 saturated heterocycles. The summed E-state index contributed by atoms with van der Waals surface area (Å²) in [7, 11) is 0. The Kier molecular flexibility index (Phi) is 3.70. The van der Waals surface area contributed by atoms with E-state index in [9.17, 15) is 14.4 Å². The lowest BCUT2D eigenvalue weighted by Crippen LogP contribution is -2.54. The zero-order valence-electron chi connectivity index (χ0n) is 9.64. The van der Waals surface area contributed by atoms with Gasteiger partial charge in [0, 0.05) is 0 Å². The van der Waals surface area contributed by atoms with Crippen molar-refractivity contribution in [2.75, 3.05) is 0 Å². The van der Waals surface area contributed by atoms with E-state index in [1.807, 2.05) is 0 Å². The molecule has 0 aromatic heterocycles. The molecule has 16 heavy (non-hydrogen) atoms. The molecule has 0 aliphatic carbocycles. The number of carboxylic acids is 3. The SMILES string of the molecule is CC(C(C)(C)C)C(C(=O)O)(C(=O)O)C(=O)O. The summed E-state index contributed by atoms with van der Waals surface area (Å²) >= 11 is 0. The Morgan fingerprint density at radius 3 is 1.19 bits per heavy atom. The first-order valence-electron chi connectivity index (χ1n) is 4.69. The molecular formula is C10H16O6. The lowest BCUT2D eigenvalue weighted by Gasteiger charge is -2.36. The average molecular weight is 232 g/mol. The third-order valence-electron chi connectivity index (χ3n) is 2.96. The summed E-state index contributed by atoms with van der Waals surface area (Å²) in [5, 5.41) is 26.8. The Hall–Kier alpha value is -1.59. The van der Waals surface area contributed by atoms with Crippen LogP contribution in [-0.4, -0.2) is 33.2 Å². The van der Waals surface area contributed by atoms with E-state index in [1.54, 1.807) is 20.8 Å². The van der Waals surface area contributed by atoms with E-state index < -0.39 is 34.7 Å². The van der Waals surface area contributed by atoms with Gasteiger partial charge < -0.3 is 15.3 Å². The van der Waals surface area contributed by atoms with Crippen LogP contribution in [0.25, 0.3) is 0 Å². The van der Waals surface area contributed by atoms with Crippen molar-refractivity contribution in [3.8, 4) is 0 Å². The fourth-order valence-electron chi connectivity index (χ4n) is 1.48. The maximum atomic E-state index is 11.0. The monoisotopic (exact) mass is 232 g/mol. The summed E-state index contributed by atoms with van der Waals surface area (Å²) in [4.78, 5) is 33.1. The number of aliphatic carboxylic acids is 3. The fourth-order valence-corrected chi connectivity index (χ4v) is 1.48. The first kappa shape index (κ1) is 14.4. The van der Waals surface area contributed by atoms with Crippen LogP contribution < -0.4 is 0 Å². The first-order valence-corrected chi connectivity index (χ1v) is 4.69. The molecule has 6 nitrogen and oxygen atoms in total. The lowest BCUT2D eigenvalue weighted by molar-refractivity contribution is -0.183. The topological polar surface area (TPSA) is 112 Å². The number of carbonyl (C=O) groups is 3. The van der Waals surface area contributed by atoms with Crippen LogP contribution in [0.4, 0.5) is 0 Å². The predicted octanol–water partition coefficient (Wildman–Crippen LogP) is 0.909. The molecule has 0 aromatic carbocycles. The minimum atomic E-state index is -2.81. The zero-order chi connectivity index (χ0) is 13.3. The molecule has 0 heterocycles. The highest BCUT2D eigenvalue weighted by atomic mass is 16.4. The highest BCUT2D eigenvalue weighted by Crippen LogP contribution is 2.41. The quantitative estimate of drug-likeness (QED) is 0.621. The van der Waals surface area contributed by atoms with Crippen LogP contribution in [0.5, 0.6) is 0 Å². The van der Waals surface area contributed by atoms with Crippen molar-refractivity contribution >= 4 is 17.9 Å². The van der Waals surface area contributed by atoms with Crippen molar-refractivity contribution in [2.45, 2.75) is 27.7 Å². The van der Waals surface area contributed by atoms with Gasteiger partial charge in [-0.05, 0) is 11.3 Å². The average Bonchev–Trinajstić information content (AvgIpc) is 2.00. The molecule has 92 valence electrons. The largest absolute Gasteiger partial charge is 0.480 e. The molecule has 0 rings (SSSR count). The molecule has 0 amide bonds. The minimum Gasteiger partial charge on any atom is -0.480 e. The third kappa shape index (κ3) is 2.00. The van der Waals surface area contributed by atoms with E-state index in [-0.39, 0.29) is 0 Å². The van der Waals surface area contributed by atoms with Crippen LogP contribution in [0, 0.1) is 16.7 Å². The Morgan fingerprint density at radius 1 is 0.875 bits per heavy atom. The summed E-state index contributed by atoms with van der Waals surface area (Å²) in [6.07, 6.45) is 0. The Balaban J connectivity index is 5.84. The van der Waals surface area contributed by atoms with Gasteiger partial charge in [0.05, 0.1) is 0 Å². The van der Waals surface area contributed by atoms with Crippen LogP contribution in [0.2, 0.25) is 0 Å². The van der Waals surface area contributed by atoms with Gasteiger partial charge in [-0.3, -0.25) is 14.4 Å². The van der Waals surface area contributed by atoms with E-state index in [2.05, 4.69) is 0 Å². The number of hydrogen-bond acceptors (Lipinski definition) is 3. The minimum absolute atomic E-state index is 0.755. The van der Waals surface area contributed by atoms with Gasteiger partial charge in [-0.1, -0.05) is 27.7 Å². The standard InChI is InChI=1S/C10H16O6/c1-5(9(2,3)4)10(6(11)12,7(13)14)8(15)16/h5H,1-4H3,(H,11,12)(H,13,14)(H,15,16). The van der Waals surface area contributed by atoms with E-state index in [0.29, 0.717) is 0 Å². The Labute approximate surface area is 92.9 Å². The Morgan fingerprint density at radius 2 is 1.12 bits per heavy atom. The van der Waals surface area contributed by atoms with Gasteiger partial charge >= 0.3 is 17.9 Å². The van der Waals surface area contributed by atoms with Crippen LogP contribution in [0.1, 0.15) is 27.7 Å². The van der Waals surface area contributed by atoms with E-state index >= 15 is 0 Å². The molecule has 1 unspecified atom stereocenters. The highest BCUT2D eigenvalue weighted by molar-refractivity contribution is 6.16. The highest BCUT2D eigenvalue weighted by Gasteiger charge is 2.61. The van der Waals surface area contributed by atoms with Gasteiger partial charge in [0.2, 0.25) is 0 Å². The molecule has 0 aliphatic heterocycles. The molecule has 0 radical (unpaired) electrons. The smallest absolute Gasteiger partial charge is 0.333 e. The second kappa shape index (κ2) is 4.11. The first-order chi connectivity index (χ1) is 6.98. The second-order valence-electron chi connectivity index (χ2n) is 4.81. The van der Waals surface area contributed by atoms with E-state index in [1.165, 1.54) is 6.92 Å². The fraction of sp³-hybridized carbons (Fsp3) is 0.700. The van der Waals surface area contributed by atoms with Crippen LogP contribution in [0.3, 0.4) is 0 Å². The van der Waals surface area contributed by atoms with Gasteiger partial charge in [0.1, 0.15) is 0 Å². The van der Waals surface area contributed by atoms with Crippen molar-refractivity contribution in [2.24, 2.45) is 16.7 Å². The summed E-state index contributed by atoms with van der Waals surface area (Å²) in [5.74, 6) is -6.62. The molecule has 0 aromatic rings. The predicted molar refractivity (Wildman–Crippen MR) is 54.0 cm³/mol. The molecule has 0 bridgehead atoms. The van der Waals surface area contributed by atoms with Crippen molar-refractivity contribution in [3.63, 3.8) is 0 Å². The molecule has 6 heteroatoms. The van der Waals surface area contributed by atoms with Gasteiger partial charge in [-0.25, -0.2) is 0 Å². The van der Waals surface area contributed by atoms with Crippen LogP contribution in [-0.2, 0) is 14.4 Å². The van der Waals surface area contributed by atoms with Crippen molar-refractivity contribution in [1.82, 2.24) is 0 Å². The second-order valence-corrected chi connectivity index (χ2v) is 4.81. The summed E-state index contributed by atoms with van der Waals surface area (Å²) in [6.45, 7) is 6.11. The van der Waals surface area contributed by atoms with E-state index in [0.717, 1.165) is 0 Å². The molecule has 0 spiro atoms. The summed E-state index contributed by atoms with van der Waals surface area (Å²) < 4.78 is 0. The maximum Gasteiger partial charge on any atom is 0.333 e. The molecule has 0 fully saturated rings. The van der Waals surface area contributed by atoms with Gasteiger partial charge in [0.25, 0.3) is 5.41 Å². The summed E-state index contributed by atoms with van der Waals surface area (Å²) in [6, 6.07) is 0.